The fourth-order valence-corrected chi connectivity index (χ4v) is 2.69. The predicted octanol–water partition coefficient (Wildman–Crippen LogP) is 5.70. The number of halogens is 1. The molecule has 0 N–H and O–H groups in total. The highest BCUT2D eigenvalue weighted by Gasteiger charge is 2.30. The van der Waals surface area contributed by atoms with Crippen LogP contribution in [-0.2, 0) is 15.2 Å². The summed E-state index contributed by atoms with van der Waals surface area (Å²) in [6.45, 7) is 10.5. The van der Waals surface area contributed by atoms with Gasteiger partial charge in [-0.1, -0.05) is 23.7 Å². The van der Waals surface area contributed by atoms with Gasteiger partial charge < -0.3 is 9.47 Å². The molecular weight excluding hydrogens is 362 g/mol. The van der Waals surface area contributed by atoms with E-state index in [4.69, 9.17) is 21.1 Å². The van der Waals surface area contributed by atoms with E-state index in [2.05, 4.69) is 0 Å². The van der Waals surface area contributed by atoms with E-state index in [-0.39, 0.29) is 5.88 Å². The van der Waals surface area contributed by atoms with Crippen molar-refractivity contribution in [3.63, 3.8) is 0 Å². The summed E-state index contributed by atoms with van der Waals surface area (Å²) in [5.41, 5.74) is -0.348. The molecule has 0 fully saturated rings. The van der Waals surface area contributed by atoms with Gasteiger partial charge >= 0.3 is 12.2 Å². The second-order valence-electron chi connectivity index (χ2n) is 7.49. The molecule has 0 aromatic heterocycles. The van der Waals surface area contributed by atoms with Crippen LogP contribution in [0.4, 0.5) is 9.59 Å². The van der Waals surface area contributed by atoms with Gasteiger partial charge in [0.2, 0.25) is 0 Å². The highest BCUT2D eigenvalue weighted by molar-refractivity contribution is 7.98. The van der Waals surface area contributed by atoms with E-state index in [1.165, 1.54) is 11.8 Å². The van der Waals surface area contributed by atoms with Crippen molar-refractivity contribution in [3.05, 3.63) is 34.9 Å². The summed E-state index contributed by atoms with van der Waals surface area (Å²) >= 11 is 7.27. The zero-order valence-electron chi connectivity index (χ0n) is 15.6. The maximum atomic E-state index is 12.3. The van der Waals surface area contributed by atoms with Crippen molar-refractivity contribution < 1.29 is 19.1 Å². The summed E-state index contributed by atoms with van der Waals surface area (Å²) in [5.74, 6) is 0.756. The first-order valence-electron chi connectivity index (χ1n) is 7.93. The molecule has 0 bridgehead atoms. The zero-order valence-corrected chi connectivity index (χ0v) is 17.2. The van der Waals surface area contributed by atoms with Crippen LogP contribution in [0.5, 0.6) is 0 Å². The fraction of sp³-hybridized carbons (Fsp3) is 0.556. The van der Waals surface area contributed by atoms with E-state index >= 15 is 0 Å². The summed E-state index contributed by atoms with van der Waals surface area (Å²) in [5, 5.41) is 0.665. The topological polar surface area (TPSA) is 55.8 Å². The molecule has 7 heteroatoms. The van der Waals surface area contributed by atoms with Crippen LogP contribution in [-0.4, -0.2) is 34.2 Å². The molecule has 0 spiro atoms. The number of rotatable bonds is 4. The van der Waals surface area contributed by atoms with Crippen molar-refractivity contribution in [2.75, 3.05) is 5.88 Å². The molecule has 0 aliphatic rings. The number of carbonyl (C=O) groups is 2. The molecule has 1 rings (SSSR count). The molecule has 1 aromatic carbocycles. The number of ether oxygens (including phenoxy) is 2. The maximum Gasteiger partial charge on any atom is 0.420 e. The van der Waals surface area contributed by atoms with Gasteiger partial charge in [-0.25, -0.2) is 14.5 Å². The molecule has 25 heavy (non-hydrogen) atoms. The van der Waals surface area contributed by atoms with E-state index in [9.17, 15) is 9.59 Å². The van der Waals surface area contributed by atoms with Crippen LogP contribution in [0.1, 0.15) is 47.1 Å². The predicted molar refractivity (Wildman–Crippen MR) is 102 cm³/mol. The summed E-state index contributed by atoms with van der Waals surface area (Å²) in [4.78, 5) is 25.7. The smallest absolute Gasteiger partial charge is 0.420 e. The average molecular weight is 388 g/mol. The Kier molecular flexibility index (Phi) is 7.62. The first-order chi connectivity index (χ1) is 11.4. The van der Waals surface area contributed by atoms with Gasteiger partial charge in [-0.05, 0) is 59.2 Å². The van der Waals surface area contributed by atoms with Crippen LogP contribution in [0.3, 0.4) is 0 Å². The first kappa shape index (κ1) is 21.6. The second-order valence-corrected chi connectivity index (χ2v) is 8.88. The van der Waals surface area contributed by atoms with Crippen LogP contribution in [0, 0.1) is 0 Å². The van der Waals surface area contributed by atoms with Crippen molar-refractivity contribution in [1.29, 1.82) is 0 Å². The van der Waals surface area contributed by atoms with Crippen molar-refractivity contribution in [3.8, 4) is 0 Å². The number of carbonyl (C=O) groups excluding carboxylic acids is 2. The summed E-state index contributed by atoms with van der Waals surface area (Å²) in [6.07, 6.45) is -1.43. The third kappa shape index (κ3) is 9.02. The lowest BCUT2D eigenvalue weighted by Gasteiger charge is -2.28. The average Bonchev–Trinajstić information content (AvgIpc) is 2.41. The monoisotopic (exact) mass is 387 g/mol. The summed E-state index contributed by atoms with van der Waals surface area (Å²) < 4.78 is 10.6. The lowest BCUT2D eigenvalue weighted by atomic mass is 10.2. The Hall–Kier alpha value is -1.40. The van der Waals surface area contributed by atoms with Crippen molar-refractivity contribution >= 4 is 35.5 Å². The number of imide groups is 1. The number of hydrogen-bond donors (Lipinski definition) is 0. The molecule has 0 unspecified atom stereocenters. The Balaban J connectivity index is 2.74. The molecule has 0 aliphatic carbocycles. The van der Waals surface area contributed by atoms with Crippen LogP contribution >= 0.6 is 23.4 Å². The van der Waals surface area contributed by atoms with Crippen molar-refractivity contribution in [2.45, 2.75) is 58.5 Å². The van der Waals surface area contributed by atoms with Gasteiger partial charge in [0.15, 0.2) is 0 Å². The van der Waals surface area contributed by atoms with Gasteiger partial charge in [-0.3, -0.25) is 0 Å². The van der Waals surface area contributed by atoms with E-state index in [1.54, 1.807) is 53.7 Å². The molecule has 0 saturated carbocycles. The van der Waals surface area contributed by atoms with Gasteiger partial charge in [0, 0.05) is 10.8 Å². The molecule has 0 aliphatic heterocycles. The van der Waals surface area contributed by atoms with Crippen molar-refractivity contribution in [1.82, 2.24) is 4.90 Å². The van der Waals surface area contributed by atoms with E-state index < -0.39 is 23.4 Å². The molecular formula is C18H26ClNO4S. The minimum atomic E-state index is -0.717. The molecule has 2 amide bonds. The van der Waals surface area contributed by atoms with Crippen molar-refractivity contribution in [2.24, 2.45) is 0 Å². The number of thioether (sulfide) groups is 1. The minimum Gasteiger partial charge on any atom is -0.443 e. The number of amides is 2. The standard InChI is InChI=1S/C18H26ClNO4S/c1-17(2,3)23-15(21)20(16(22)24-18(4,5)6)12-25-11-13-7-9-14(19)10-8-13/h7-10H,11-12H2,1-6H3. The molecule has 0 saturated heterocycles. The number of hydrogen-bond acceptors (Lipinski definition) is 5. The number of benzene rings is 1. The molecule has 5 nitrogen and oxygen atoms in total. The zero-order chi connectivity index (χ0) is 19.3. The Morgan fingerprint density at radius 1 is 0.960 bits per heavy atom. The van der Waals surface area contributed by atoms with Gasteiger partial charge in [-0.2, -0.15) is 0 Å². The lowest BCUT2D eigenvalue weighted by Crippen LogP contribution is -2.43. The Morgan fingerprint density at radius 2 is 1.40 bits per heavy atom. The normalized spacial score (nSPS) is 11.8. The SMILES string of the molecule is CC(C)(C)OC(=O)N(CSCc1ccc(Cl)cc1)C(=O)OC(C)(C)C. The second kappa shape index (κ2) is 8.81. The van der Waals surface area contributed by atoms with Gasteiger partial charge in [0.05, 0.1) is 5.88 Å². The molecule has 0 radical (unpaired) electrons. The summed E-state index contributed by atoms with van der Waals surface area (Å²) in [6, 6.07) is 7.41. The number of nitrogens with zero attached hydrogens (tertiary/aromatic N) is 1. The Labute approximate surface area is 159 Å². The Bertz CT molecular complexity index is 563. The van der Waals surface area contributed by atoms with Crippen LogP contribution in [0.15, 0.2) is 24.3 Å². The first-order valence-corrected chi connectivity index (χ1v) is 9.46. The maximum absolute atomic E-state index is 12.3. The summed E-state index contributed by atoms with van der Waals surface area (Å²) in [7, 11) is 0. The van der Waals surface area contributed by atoms with Gasteiger partial charge in [0.25, 0.3) is 0 Å². The Morgan fingerprint density at radius 3 is 1.80 bits per heavy atom. The molecule has 140 valence electrons. The van der Waals surface area contributed by atoms with Crippen LogP contribution < -0.4 is 0 Å². The molecule has 1 aromatic rings. The third-order valence-electron chi connectivity index (χ3n) is 2.63. The van der Waals surface area contributed by atoms with Crippen LogP contribution in [0.25, 0.3) is 0 Å². The molecule has 0 heterocycles. The minimum absolute atomic E-state index is 0.131. The third-order valence-corrected chi connectivity index (χ3v) is 3.86. The fourth-order valence-electron chi connectivity index (χ4n) is 1.65. The van der Waals surface area contributed by atoms with E-state index in [0.29, 0.717) is 10.8 Å². The van der Waals surface area contributed by atoms with E-state index in [0.717, 1.165) is 10.5 Å². The largest absolute Gasteiger partial charge is 0.443 e. The quantitative estimate of drug-likeness (QED) is 0.620. The van der Waals surface area contributed by atoms with E-state index in [1.807, 2.05) is 12.1 Å². The highest BCUT2D eigenvalue weighted by atomic mass is 35.5. The molecule has 0 atom stereocenters. The van der Waals surface area contributed by atoms with Crippen LogP contribution in [0.2, 0.25) is 5.02 Å². The highest BCUT2D eigenvalue weighted by Crippen LogP contribution is 2.20. The lowest BCUT2D eigenvalue weighted by molar-refractivity contribution is 0.00536. The van der Waals surface area contributed by atoms with Gasteiger partial charge in [-0.15, -0.1) is 11.8 Å². The van der Waals surface area contributed by atoms with Gasteiger partial charge in [0.1, 0.15) is 11.2 Å².